The van der Waals surface area contributed by atoms with E-state index in [2.05, 4.69) is 31.0 Å². The van der Waals surface area contributed by atoms with Gasteiger partial charge < -0.3 is 15.2 Å². The van der Waals surface area contributed by atoms with E-state index in [9.17, 15) is 0 Å². The van der Waals surface area contributed by atoms with Crippen molar-refractivity contribution in [2.24, 2.45) is 11.7 Å². The van der Waals surface area contributed by atoms with Gasteiger partial charge in [0.2, 0.25) is 0 Å². The quantitative estimate of drug-likeness (QED) is 0.710. The summed E-state index contributed by atoms with van der Waals surface area (Å²) in [6, 6.07) is 6.51. The van der Waals surface area contributed by atoms with E-state index in [0.29, 0.717) is 6.54 Å². The molecule has 0 aliphatic heterocycles. The molecule has 1 unspecified atom stereocenters. The van der Waals surface area contributed by atoms with Crippen LogP contribution >= 0.6 is 0 Å². The van der Waals surface area contributed by atoms with Gasteiger partial charge in [-0.1, -0.05) is 12.1 Å². The number of aryl methyl sites for hydroxylation is 1. The highest BCUT2D eigenvalue weighted by Crippen LogP contribution is 2.29. The van der Waals surface area contributed by atoms with Crippen LogP contribution in [0.1, 0.15) is 30.0 Å². The van der Waals surface area contributed by atoms with Crippen molar-refractivity contribution in [2.45, 2.75) is 25.8 Å². The summed E-state index contributed by atoms with van der Waals surface area (Å²) in [5.74, 6) is 1.75. The molecule has 1 aliphatic rings. The van der Waals surface area contributed by atoms with Crippen LogP contribution in [0.2, 0.25) is 0 Å². The maximum Gasteiger partial charge on any atom is 0.121 e. The lowest BCUT2D eigenvalue weighted by Crippen LogP contribution is -2.33. The van der Waals surface area contributed by atoms with Crippen LogP contribution in [0, 0.1) is 12.8 Å². The van der Waals surface area contributed by atoms with E-state index in [1.807, 2.05) is 6.07 Å². The van der Waals surface area contributed by atoms with Gasteiger partial charge in [0, 0.05) is 25.7 Å². The second-order valence-electron chi connectivity index (χ2n) is 5.98. The summed E-state index contributed by atoms with van der Waals surface area (Å²) in [4.78, 5) is 2.27. The lowest BCUT2D eigenvalue weighted by atomic mass is 10.0. The van der Waals surface area contributed by atoms with Crippen LogP contribution in [0.4, 0.5) is 0 Å². The standard InChI is InChI=1S/C17H28N2O2/c1-13-10-15(6-7-17(13)20-3)16(11-18)19(2)8-9-21-12-14-4-5-14/h6-7,10,14,16H,4-5,8-9,11-12,18H2,1-3H3. The fraction of sp³-hybridized carbons (Fsp3) is 0.647. The molecule has 4 nitrogen and oxygen atoms in total. The van der Waals surface area contributed by atoms with Gasteiger partial charge in [0.05, 0.1) is 13.7 Å². The third-order valence-electron chi connectivity index (χ3n) is 4.20. The van der Waals surface area contributed by atoms with Gasteiger partial charge in [-0.15, -0.1) is 0 Å². The fourth-order valence-electron chi connectivity index (χ4n) is 2.58. The van der Waals surface area contributed by atoms with Gasteiger partial charge in [-0.25, -0.2) is 0 Å². The first-order valence-electron chi connectivity index (χ1n) is 7.78. The van der Waals surface area contributed by atoms with Crippen LogP contribution in [0.5, 0.6) is 5.75 Å². The number of benzene rings is 1. The predicted octanol–water partition coefficient (Wildman–Crippen LogP) is 2.36. The van der Waals surface area contributed by atoms with E-state index >= 15 is 0 Å². The number of nitrogens with two attached hydrogens (primary N) is 1. The van der Waals surface area contributed by atoms with Crippen LogP contribution in [0.25, 0.3) is 0 Å². The second kappa shape index (κ2) is 7.78. The summed E-state index contributed by atoms with van der Waals surface area (Å²) in [6.45, 7) is 5.26. The Hall–Kier alpha value is -1.10. The summed E-state index contributed by atoms with van der Waals surface area (Å²) in [6.07, 6.45) is 2.68. The zero-order valence-corrected chi connectivity index (χ0v) is 13.5. The van der Waals surface area contributed by atoms with Gasteiger partial charge >= 0.3 is 0 Å². The second-order valence-corrected chi connectivity index (χ2v) is 5.98. The van der Waals surface area contributed by atoms with Crippen molar-refractivity contribution in [1.29, 1.82) is 0 Å². The van der Waals surface area contributed by atoms with E-state index in [0.717, 1.165) is 37.0 Å². The number of ether oxygens (including phenoxy) is 2. The first-order chi connectivity index (χ1) is 10.2. The average molecular weight is 292 g/mol. The smallest absolute Gasteiger partial charge is 0.121 e. The summed E-state index contributed by atoms with van der Waals surface area (Å²) >= 11 is 0. The molecular weight excluding hydrogens is 264 g/mol. The van der Waals surface area contributed by atoms with E-state index in [-0.39, 0.29) is 6.04 Å². The summed E-state index contributed by atoms with van der Waals surface area (Å²) in [5, 5.41) is 0. The highest BCUT2D eigenvalue weighted by Gasteiger charge is 2.21. The van der Waals surface area contributed by atoms with Crippen molar-refractivity contribution >= 4 is 0 Å². The molecule has 2 rings (SSSR count). The highest BCUT2D eigenvalue weighted by atomic mass is 16.5. The molecule has 0 radical (unpaired) electrons. The number of methoxy groups -OCH3 is 1. The molecule has 1 saturated carbocycles. The Morgan fingerprint density at radius 2 is 2.14 bits per heavy atom. The minimum atomic E-state index is 0.221. The molecule has 21 heavy (non-hydrogen) atoms. The third kappa shape index (κ3) is 4.70. The highest BCUT2D eigenvalue weighted by molar-refractivity contribution is 5.37. The monoisotopic (exact) mass is 292 g/mol. The number of hydrogen-bond acceptors (Lipinski definition) is 4. The number of nitrogens with zero attached hydrogens (tertiary/aromatic N) is 1. The van der Waals surface area contributed by atoms with Crippen LogP contribution in [-0.2, 0) is 4.74 Å². The number of rotatable bonds is 9. The Morgan fingerprint density at radius 1 is 1.38 bits per heavy atom. The molecule has 0 saturated heterocycles. The van der Waals surface area contributed by atoms with Crippen molar-refractivity contribution in [3.05, 3.63) is 29.3 Å². The molecule has 2 N–H and O–H groups in total. The molecule has 0 bridgehead atoms. The van der Waals surface area contributed by atoms with Crippen LogP contribution in [0.3, 0.4) is 0 Å². The van der Waals surface area contributed by atoms with E-state index < -0.39 is 0 Å². The minimum Gasteiger partial charge on any atom is -0.496 e. The molecule has 1 aromatic carbocycles. The van der Waals surface area contributed by atoms with Crippen molar-refractivity contribution in [2.75, 3.05) is 40.5 Å². The Morgan fingerprint density at radius 3 is 2.71 bits per heavy atom. The molecule has 1 aliphatic carbocycles. The SMILES string of the molecule is COc1ccc(C(CN)N(C)CCOCC2CC2)cc1C. The summed E-state index contributed by atoms with van der Waals surface area (Å²) in [5.41, 5.74) is 8.36. The van der Waals surface area contributed by atoms with Gasteiger partial charge in [-0.3, -0.25) is 4.90 Å². The Bertz CT molecular complexity index is 446. The molecule has 1 aromatic rings. The maximum atomic E-state index is 5.98. The zero-order chi connectivity index (χ0) is 15.2. The number of hydrogen-bond donors (Lipinski definition) is 1. The topological polar surface area (TPSA) is 47.7 Å². The summed E-state index contributed by atoms with van der Waals surface area (Å²) < 4.78 is 11.0. The van der Waals surface area contributed by atoms with E-state index in [4.69, 9.17) is 15.2 Å². The van der Waals surface area contributed by atoms with Gasteiger partial charge in [0.1, 0.15) is 5.75 Å². The van der Waals surface area contributed by atoms with Gasteiger partial charge in [0.25, 0.3) is 0 Å². The Kier molecular flexibility index (Phi) is 6.03. The normalized spacial score (nSPS) is 16.2. The third-order valence-corrected chi connectivity index (χ3v) is 4.20. The van der Waals surface area contributed by atoms with Crippen LogP contribution in [0.15, 0.2) is 18.2 Å². The van der Waals surface area contributed by atoms with Crippen molar-refractivity contribution in [3.8, 4) is 5.75 Å². The van der Waals surface area contributed by atoms with Crippen LogP contribution in [-0.4, -0.2) is 45.4 Å². The molecule has 0 heterocycles. The summed E-state index contributed by atoms with van der Waals surface area (Å²) in [7, 11) is 3.81. The number of likely N-dealkylation sites (N-methyl/N-ethyl adjacent to an activating group) is 1. The molecule has 1 fully saturated rings. The maximum absolute atomic E-state index is 5.98. The van der Waals surface area contributed by atoms with Gasteiger partial charge in [-0.2, -0.15) is 0 Å². The van der Waals surface area contributed by atoms with Crippen molar-refractivity contribution < 1.29 is 9.47 Å². The van der Waals surface area contributed by atoms with Crippen molar-refractivity contribution in [3.63, 3.8) is 0 Å². The Balaban J connectivity index is 1.88. The molecule has 118 valence electrons. The minimum absolute atomic E-state index is 0.221. The van der Waals surface area contributed by atoms with Crippen molar-refractivity contribution in [1.82, 2.24) is 4.90 Å². The zero-order valence-electron chi connectivity index (χ0n) is 13.5. The molecular formula is C17H28N2O2. The lowest BCUT2D eigenvalue weighted by molar-refractivity contribution is 0.0922. The molecule has 0 amide bonds. The lowest BCUT2D eigenvalue weighted by Gasteiger charge is -2.27. The van der Waals surface area contributed by atoms with E-state index in [1.54, 1.807) is 7.11 Å². The van der Waals surface area contributed by atoms with Crippen LogP contribution < -0.4 is 10.5 Å². The van der Waals surface area contributed by atoms with E-state index in [1.165, 1.54) is 18.4 Å². The molecule has 0 aromatic heterocycles. The van der Waals surface area contributed by atoms with Gasteiger partial charge in [0.15, 0.2) is 0 Å². The first-order valence-corrected chi connectivity index (χ1v) is 7.78. The largest absolute Gasteiger partial charge is 0.496 e. The Labute approximate surface area is 128 Å². The molecule has 0 spiro atoms. The molecule has 1 atom stereocenters. The molecule has 4 heteroatoms. The predicted molar refractivity (Wildman–Crippen MR) is 85.7 cm³/mol. The van der Waals surface area contributed by atoms with Gasteiger partial charge in [-0.05, 0) is 49.9 Å². The average Bonchev–Trinajstić information content (AvgIpc) is 3.29. The fourth-order valence-corrected chi connectivity index (χ4v) is 2.58. The first kappa shape index (κ1) is 16.3.